The van der Waals surface area contributed by atoms with Crippen molar-refractivity contribution < 1.29 is 0 Å². The van der Waals surface area contributed by atoms with Gasteiger partial charge >= 0.3 is 0 Å². The molecule has 86 valence electrons. The second-order valence-electron chi connectivity index (χ2n) is 4.52. The standard InChI is InChI=1S/C15H16N2/c1-11(15-9-16-10-17-15)13-8-4-6-12-5-2-3-7-14(12)13/h2-8,11,16H,9-10H2,1H3/t11-/m1/s1. The summed E-state index contributed by atoms with van der Waals surface area (Å²) in [5, 5.41) is 5.92. The molecule has 2 nitrogen and oxygen atoms in total. The quantitative estimate of drug-likeness (QED) is 0.833. The lowest BCUT2D eigenvalue weighted by molar-refractivity contribution is 0.847. The van der Waals surface area contributed by atoms with Gasteiger partial charge < -0.3 is 0 Å². The normalized spacial score (nSPS) is 17.1. The smallest absolute Gasteiger partial charge is 0.0887 e. The van der Waals surface area contributed by atoms with Crippen molar-refractivity contribution in [3.05, 3.63) is 48.0 Å². The van der Waals surface area contributed by atoms with Crippen LogP contribution in [0.4, 0.5) is 0 Å². The van der Waals surface area contributed by atoms with Crippen LogP contribution in [-0.2, 0) is 0 Å². The van der Waals surface area contributed by atoms with E-state index in [-0.39, 0.29) is 0 Å². The monoisotopic (exact) mass is 224 g/mol. The molecule has 1 atom stereocenters. The van der Waals surface area contributed by atoms with E-state index >= 15 is 0 Å². The maximum atomic E-state index is 4.52. The van der Waals surface area contributed by atoms with Crippen molar-refractivity contribution in [3.8, 4) is 0 Å². The lowest BCUT2D eigenvalue weighted by Crippen LogP contribution is -2.18. The molecule has 0 saturated carbocycles. The number of hydrogen-bond acceptors (Lipinski definition) is 2. The molecule has 0 aromatic heterocycles. The van der Waals surface area contributed by atoms with Gasteiger partial charge in [-0.2, -0.15) is 0 Å². The molecule has 0 fully saturated rings. The Bertz CT molecular complexity index is 567. The molecule has 0 saturated heterocycles. The van der Waals surface area contributed by atoms with Crippen LogP contribution in [0.25, 0.3) is 10.8 Å². The molecular formula is C15H16N2. The van der Waals surface area contributed by atoms with Crippen LogP contribution in [0.3, 0.4) is 0 Å². The number of benzene rings is 2. The molecule has 0 amide bonds. The van der Waals surface area contributed by atoms with E-state index in [1.54, 1.807) is 0 Å². The highest BCUT2D eigenvalue weighted by molar-refractivity contribution is 5.98. The topological polar surface area (TPSA) is 24.4 Å². The van der Waals surface area contributed by atoms with Crippen molar-refractivity contribution in [2.24, 2.45) is 4.99 Å². The Hall–Kier alpha value is -1.67. The Balaban J connectivity index is 2.10. The van der Waals surface area contributed by atoms with Crippen molar-refractivity contribution in [3.63, 3.8) is 0 Å². The molecular weight excluding hydrogens is 208 g/mol. The van der Waals surface area contributed by atoms with Crippen molar-refractivity contribution in [1.29, 1.82) is 0 Å². The lowest BCUT2D eigenvalue weighted by Gasteiger charge is -2.14. The molecule has 0 radical (unpaired) electrons. The fraction of sp³-hybridized carbons (Fsp3) is 0.267. The van der Waals surface area contributed by atoms with Crippen molar-refractivity contribution in [1.82, 2.24) is 5.32 Å². The Morgan fingerprint density at radius 2 is 1.94 bits per heavy atom. The molecule has 1 aliphatic heterocycles. The van der Waals surface area contributed by atoms with Crippen molar-refractivity contribution >= 4 is 16.5 Å². The first-order valence-corrected chi connectivity index (χ1v) is 6.08. The molecule has 3 rings (SSSR count). The molecule has 2 aromatic rings. The van der Waals surface area contributed by atoms with Gasteiger partial charge in [0.05, 0.1) is 6.67 Å². The van der Waals surface area contributed by atoms with Gasteiger partial charge in [0.15, 0.2) is 0 Å². The predicted octanol–water partition coefficient (Wildman–Crippen LogP) is 2.95. The summed E-state index contributed by atoms with van der Waals surface area (Å²) in [5.74, 6) is 0.399. The highest BCUT2D eigenvalue weighted by atomic mass is 15.1. The van der Waals surface area contributed by atoms with Gasteiger partial charge in [-0.3, -0.25) is 10.3 Å². The fourth-order valence-corrected chi connectivity index (χ4v) is 2.49. The van der Waals surface area contributed by atoms with Crippen LogP contribution in [0, 0.1) is 0 Å². The van der Waals surface area contributed by atoms with Crippen LogP contribution >= 0.6 is 0 Å². The zero-order chi connectivity index (χ0) is 11.7. The summed E-state index contributed by atoms with van der Waals surface area (Å²) in [6.45, 7) is 3.93. The van der Waals surface area contributed by atoms with Gasteiger partial charge in [0, 0.05) is 18.2 Å². The Morgan fingerprint density at radius 3 is 2.76 bits per heavy atom. The van der Waals surface area contributed by atoms with Gasteiger partial charge in [-0.1, -0.05) is 49.4 Å². The maximum Gasteiger partial charge on any atom is 0.0887 e. The SMILES string of the molecule is C[C@@H](C1=NCNC1)c1cccc2ccccc12. The van der Waals surface area contributed by atoms with E-state index in [1.165, 1.54) is 22.0 Å². The van der Waals surface area contributed by atoms with E-state index in [0.29, 0.717) is 5.92 Å². The summed E-state index contributed by atoms with van der Waals surface area (Å²) in [6.07, 6.45) is 0. The number of fused-ring (bicyclic) bond motifs is 1. The van der Waals surface area contributed by atoms with Gasteiger partial charge in [-0.25, -0.2) is 0 Å². The first kappa shape index (κ1) is 10.5. The summed E-state index contributed by atoms with van der Waals surface area (Å²) in [4.78, 5) is 4.52. The third-order valence-corrected chi connectivity index (χ3v) is 3.49. The molecule has 0 bridgehead atoms. The van der Waals surface area contributed by atoms with Gasteiger partial charge in [0.1, 0.15) is 0 Å². The molecule has 0 aliphatic carbocycles. The third kappa shape index (κ3) is 1.85. The zero-order valence-corrected chi connectivity index (χ0v) is 9.98. The highest BCUT2D eigenvalue weighted by Gasteiger charge is 2.17. The van der Waals surface area contributed by atoms with Crippen molar-refractivity contribution in [2.45, 2.75) is 12.8 Å². The van der Waals surface area contributed by atoms with Crippen LogP contribution in [0.5, 0.6) is 0 Å². The lowest BCUT2D eigenvalue weighted by atomic mass is 9.91. The van der Waals surface area contributed by atoms with Gasteiger partial charge in [-0.15, -0.1) is 0 Å². The molecule has 2 aromatic carbocycles. The molecule has 1 N–H and O–H groups in total. The van der Waals surface area contributed by atoms with Crippen LogP contribution < -0.4 is 5.32 Å². The number of aliphatic imine (C=N–C) groups is 1. The van der Waals surface area contributed by atoms with Crippen LogP contribution in [0.15, 0.2) is 47.5 Å². The Morgan fingerprint density at radius 1 is 1.12 bits per heavy atom. The summed E-state index contributed by atoms with van der Waals surface area (Å²) in [7, 11) is 0. The largest absolute Gasteiger partial charge is 0.293 e. The molecule has 1 aliphatic rings. The van der Waals surface area contributed by atoms with Gasteiger partial charge in [-0.05, 0) is 16.3 Å². The molecule has 0 unspecified atom stereocenters. The maximum absolute atomic E-state index is 4.52. The number of nitrogens with zero attached hydrogens (tertiary/aromatic N) is 1. The van der Waals surface area contributed by atoms with E-state index in [1.807, 2.05) is 0 Å². The van der Waals surface area contributed by atoms with E-state index < -0.39 is 0 Å². The minimum atomic E-state index is 0.399. The molecule has 17 heavy (non-hydrogen) atoms. The molecule has 2 heteroatoms. The highest BCUT2D eigenvalue weighted by Crippen LogP contribution is 2.26. The Kier molecular flexibility index (Phi) is 2.65. The number of hydrogen-bond donors (Lipinski definition) is 1. The number of nitrogens with one attached hydrogen (secondary N) is 1. The predicted molar refractivity (Wildman–Crippen MR) is 72.7 cm³/mol. The van der Waals surface area contributed by atoms with E-state index in [9.17, 15) is 0 Å². The van der Waals surface area contributed by atoms with Gasteiger partial charge in [0.2, 0.25) is 0 Å². The van der Waals surface area contributed by atoms with Gasteiger partial charge in [0.25, 0.3) is 0 Å². The second kappa shape index (κ2) is 4.30. The van der Waals surface area contributed by atoms with Crippen LogP contribution in [0.2, 0.25) is 0 Å². The first-order valence-electron chi connectivity index (χ1n) is 6.08. The molecule has 1 heterocycles. The second-order valence-corrected chi connectivity index (χ2v) is 4.52. The van der Waals surface area contributed by atoms with E-state index in [2.05, 4.69) is 59.7 Å². The van der Waals surface area contributed by atoms with Crippen LogP contribution in [-0.4, -0.2) is 18.9 Å². The minimum Gasteiger partial charge on any atom is -0.293 e. The van der Waals surface area contributed by atoms with Crippen LogP contribution in [0.1, 0.15) is 18.4 Å². The minimum absolute atomic E-state index is 0.399. The fourth-order valence-electron chi connectivity index (χ4n) is 2.49. The third-order valence-electron chi connectivity index (χ3n) is 3.49. The molecule has 0 spiro atoms. The summed E-state index contributed by atoms with van der Waals surface area (Å²) >= 11 is 0. The zero-order valence-electron chi connectivity index (χ0n) is 9.98. The first-order chi connectivity index (χ1) is 8.36. The summed E-state index contributed by atoms with van der Waals surface area (Å²) < 4.78 is 0. The average Bonchev–Trinajstić information content (AvgIpc) is 2.91. The van der Waals surface area contributed by atoms with E-state index in [4.69, 9.17) is 0 Å². The van der Waals surface area contributed by atoms with Crippen molar-refractivity contribution in [2.75, 3.05) is 13.2 Å². The summed E-state index contributed by atoms with van der Waals surface area (Å²) in [5.41, 5.74) is 2.65. The Labute approximate surface area is 101 Å². The average molecular weight is 224 g/mol. The van der Waals surface area contributed by atoms with E-state index in [0.717, 1.165) is 13.2 Å². The number of rotatable bonds is 2. The summed E-state index contributed by atoms with van der Waals surface area (Å²) in [6, 6.07) is 15.1.